The molecule has 0 saturated heterocycles. The van der Waals surface area contributed by atoms with Gasteiger partial charge in [-0.05, 0) is 81.5 Å². The molecule has 0 aromatic rings. The topological polar surface area (TPSA) is 69.7 Å². The molecule has 5 heteroatoms. The van der Waals surface area contributed by atoms with Crippen LogP contribution in [-0.2, 0) is 23.9 Å². The maximum atomic E-state index is 13.1. The first-order valence-corrected chi connectivity index (χ1v) is 12.1. The molecule has 5 nitrogen and oxygen atoms in total. The van der Waals surface area contributed by atoms with E-state index in [2.05, 4.69) is 0 Å². The third kappa shape index (κ3) is 2.25. The van der Waals surface area contributed by atoms with Gasteiger partial charge in [0, 0.05) is 23.7 Å². The first-order chi connectivity index (χ1) is 14.4. The number of rotatable bonds is 4. The van der Waals surface area contributed by atoms with E-state index in [-0.39, 0.29) is 58.6 Å². The molecule has 8 bridgehead atoms. The monoisotopic (exact) mass is 410 g/mol. The van der Waals surface area contributed by atoms with E-state index in [1.54, 1.807) is 0 Å². The van der Waals surface area contributed by atoms with Gasteiger partial charge in [0.15, 0.2) is 0 Å². The Balaban J connectivity index is 1.05. The molecular formula is C25H30O5. The molecule has 0 aromatic carbocycles. The van der Waals surface area contributed by atoms with Gasteiger partial charge in [-0.25, -0.2) is 0 Å². The Hall–Kier alpha value is -1.49. The molecule has 8 aliphatic carbocycles. The van der Waals surface area contributed by atoms with Crippen molar-refractivity contribution in [2.24, 2.45) is 59.2 Å². The Morgan fingerprint density at radius 1 is 0.933 bits per heavy atom. The zero-order valence-electron chi connectivity index (χ0n) is 17.5. The Kier molecular flexibility index (Phi) is 3.53. The first kappa shape index (κ1) is 18.1. The number of allylic oxidation sites excluding steroid dienone is 2. The average molecular weight is 411 g/mol. The molecule has 0 aliphatic heterocycles. The summed E-state index contributed by atoms with van der Waals surface area (Å²) in [6.07, 6.45) is 11.3. The minimum Gasteiger partial charge on any atom is -0.436 e. The van der Waals surface area contributed by atoms with Crippen molar-refractivity contribution in [1.82, 2.24) is 0 Å². The number of ether oxygens (including phenoxy) is 2. The Morgan fingerprint density at radius 2 is 1.53 bits per heavy atom. The van der Waals surface area contributed by atoms with Crippen LogP contribution in [0.1, 0.15) is 51.9 Å². The van der Waals surface area contributed by atoms with Crippen LogP contribution in [0.2, 0.25) is 0 Å². The van der Waals surface area contributed by atoms with Gasteiger partial charge in [-0.3, -0.25) is 14.4 Å². The van der Waals surface area contributed by atoms with E-state index in [4.69, 9.17) is 9.47 Å². The number of carbonyl (C=O) groups excluding carboxylic acids is 3. The highest BCUT2D eigenvalue weighted by Crippen LogP contribution is 2.64. The molecule has 0 amide bonds. The summed E-state index contributed by atoms with van der Waals surface area (Å²) in [5, 5.41) is 0. The van der Waals surface area contributed by atoms with Gasteiger partial charge in [0.1, 0.15) is 11.6 Å². The standard InChI is InChI=1S/C25H30O5/c1-11(30-25-8-12-4-13(9-25)6-14(5-12)10-25)29-24(28)18-7-17-19-15-2-3-16(22(15)26)20(19)21(18)23(17)27/h2-3,11-21H,4-10H2,1H3. The number of Topliss-reactive ketones (excluding diaryl/α,β-unsaturated/α-hetero) is 2. The van der Waals surface area contributed by atoms with E-state index < -0.39 is 12.2 Å². The SMILES string of the molecule is CC(OC(=O)C1CC2C(=O)C1C1C3C=CC(C3=O)C21)OC12CC3CC(CC(C3)C1)C2. The third-order valence-corrected chi connectivity index (χ3v) is 9.95. The predicted octanol–water partition coefficient (Wildman–Crippen LogP) is 3.31. The van der Waals surface area contributed by atoms with E-state index in [0.29, 0.717) is 6.42 Å². The summed E-state index contributed by atoms with van der Waals surface area (Å²) < 4.78 is 12.3. The summed E-state index contributed by atoms with van der Waals surface area (Å²) in [5.41, 5.74) is -0.105. The fourth-order valence-electron chi connectivity index (χ4n) is 9.58. The van der Waals surface area contributed by atoms with Crippen LogP contribution < -0.4 is 0 Å². The van der Waals surface area contributed by atoms with Gasteiger partial charge in [0.05, 0.1) is 11.5 Å². The van der Waals surface area contributed by atoms with Crippen molar-refractivity contribution in [3.8, 4) is 0 Å². The van der Waals surface area contributed by atoms with Crippen LogP contribution >= 0.6 is 0 Å². The second-order valence-electron chi connectivity index (χ2n) is 11.6. The fourth-order valence-corrected chi connectivity index (χ4v) is 9.58. The van der Waals surface area contributed by atoms with Gasteiger partial charge in [0.2, 0.25) is 6.29 Å². The molecule has 30 heavy (non-hydrogen) atoms. The molecule has 8 aliphatic rings. The molecule has 7 fully saturated rings. The molecule has 0 aromatic heterocycles. The second-order valence-corrected chi connectivity index (χ2v) is 11.6. The Bertz CT molecular complexity index is 837. The van der Waals surface area contributed by atoms with Crippen LogP contribution in [0.15, 0.2) is 12.2 Å². The van der Waals surface area contributed by atoms with Crippen LogP contribution in [-0.4, -0.2) is 29.4 Å². The number of carbonyl (C=O) groups is 3. The van der Waals surface area contributed by atoms with E-state index in [1.807, 2.05) is 19.1 Å². The van der Waals surface area contributed by atoms with Crippen molar-refractivity contribution in [1.29, 1.82) is 0 Å². The molecule has 7 saturated carbocycles. The first-order valence-electron chi connectivity index (χ1n) is 12.1. The minimum atomic E-state index is -0.569. The van der Waals surface area contributed by atoms with E-state index in [1.165, 1.54) is 19.3 Å². The number of fused-ring (bicyclic) bond motifs is 9. The third-order valence-electron chi connectivity index (χ3n) is 9.95. The van der Waals surface area contributed by atoms with Crippen molar-refractivity contribution in [2.45, 2.75) is 63.8 Å². The van der Waals surface area contributed by atoms with E-state index in [0.717, 1.165) is 37.0 Å². The van der Waals surface area contributed by atoms with Gasteiger partial charge in [0.25, 0.3) is 0 Å². The summed E-state index contributed by atoms with van der Waals surface area (Å²) >= 11 is 0. The van der Waals surface area contributed by atoms with Crippen molar-refractivity contribution in [3.05, 3.63) is 12.2 Å². The van der Waals surface area contributed by atoms with Crippen molar-refractivity contribution < 1.29 is 23.9 Å². The van der Waals surface area contributed by atoms with Crippen LogP contribution in [0.25, 0.3) is 0 Å². The van der Waals surface area contributed by atoms with Crippen molar-refractivity contribution >= 4 is 17.5 Å². The summed E-state index contributed by atoms with van der Waals surface area (Å²) in [5.74, 6) is 1.57. The quantitative estimate of drug-likeness (QED) is 0.308. The highest BCUT2D eigenvalue weighted by molar-refractivity contribution is 6.01. The molecular weight excluding hydrogens is 380 g/mol. The molecule has 0 radical (unpaired) electrons. The van der Waals surface area contributed by atoms with Gasteiger partial charge in [-0.2, -0.15) is 0 Å². The van der Waals surface area contributed by atoms with Gasteiger partial charge >= 0.3 is 5.97 Å². The predicted molar refractivity (Wildman–Crippen MR) is 106 cm³/mol. The lowest BCUT2D eigenvalue weighted by molar-refractivity contribution is -0.247. The largest absolute Gasteiger partial charge is 0.436 e. The number of esters is 1. The number of ketones is 2. The molecule has 0 heterocycles. The molecule has 8 rings (SSSR count). The van der Waals surface area contributed by atoms with Crippen LogP contribution in [0.5, 0.6) is 0 Å². The maximum Gasteiger partial charge on any atom is 0.311 e. The number of hydrogen-bond donors (Lipinski definition) is 0. The highest BCUT2D eigenvalue weighted by Gasteiger charge is 2.69. The van der Waals surface area contributed by atoms with Crippen LogP contribution in [0.4, 0.5) is 0 Å². The van der Waals surface area contributed by atoms with Crippen molar-refractivity contribution in [2.75, 3.05) is 0 Å². The Labute approximate surface area is 176 Å². The lowest BCUT2D eigenvalue weighted by atomic mass is 9.54. The summed E-state index contributed by atoms with van der Waals surface area (Å²) in [4.78, 5) is 38.5. The van der Waals surface area contributed by atoms with E-state index in [9.17, 15) is 14.4 Å². The summed E-state index contributed by atoms with van der Waals surface area (Å²) in [7, 11) is 0. The zero-order valence-corrected chi connectivity index (χ0v) is 17.5. The lowest BCUT2D eigenvalue weighted by Crippen LogP contribution is -2.53. The molecule has 8 unspecified atom stereocenters. The second kappa shape index (κ2) is 5.85. The smallest absolute Gasteiger partial charge is 0.311 e. The normalized spacial score (nSPS) is 54.8. The van der Waals surface area contributed by atoms with Crippen LogP contribution in [0, 0.1) is 59.2 Å². The molecule has 8 atom stereocenters. The highest BCUT2D eigenvalue weighted by atomic mass is 16.7. The average Bonchev–Trinajstić information content (AvgIpc) is 3.36. The molecule has 0 spiro atoms. The van der Waals surface area contributed by atoms with E-state index >= 15 is 0 Å². The molecule has 0 N–H and O–H groups in total. The zero-order chi connectivity index (χ0) is 20.4. The lowest BCUT2D eigenvalue weighted by Gasteiger charge is -2.56. The van der Waals surface area contributed by atoms with Gasteiger partial charge < -0.3 is 9.47 Å². The fraction of sp³-hybridized carbons (Fsp3) is 0.800. The molecule has 160 valence electrons. The minimum absolute atomic E-state index is 0.0238. The summed E-state index contributed by atoms with van der Waals surface area (Å²) in [6, 6.07) is 0. The number of hydrogen-bond acceptors (Lipinski definition) is 5. The maximum absolute atomic E-state index is 13.1. The van der Waals surface area contributed by atoms with Crippen LogP contribution in [0.3, 0.4) is 0 Å². The van der Waals surface area contributed by atoms with Crippen molar-refractivity contribution in [3.63, 3.8) is 0 Å². The van der Waals surface area contributed by atoms with Gasteiger partial charge in [-0.15, -0.1) is 0 Å². The summed E-state index contributed by atoms with van der Waals surface area (Å²) in [6.45, 7) is 1.85. The van der Waals surface area contributed by atoms with Gasteiger partial charge in [-0.1, -0.05) is 12.2 Å². The Morgan fingerprint density at radius 3 is 2.17 bits per heavy atom.